The molecule has 1 atom stereocenters. The number of fused-ring (bicyclic) bond motifs is 1. The van der Waals surface area contributed by atoms with Crippen molar-refractivity contribution in [1.29, 1.82) is 0 Å². The summed E-state index contributed by atoms with van der Waals surface area (Å²) < 4.78 is 13.8. The van der Waals surface area contributed by atoms with Gasteiger partial charge in [-0.2, -0.15) is 0 Å². The van der Waals surface area contributed by atoms with Crippen molar-refractivity contribution in [3.63, 3.8) is 0 Å². The molecule has 144 valence electrons. The number of pyridine rings is 1. The Kier molecular flexibility index (Phi) is 4.43. The first-order valence-electron chi connectivity index (χ1n) is 9.61. The summed E-state index contributed by atoms with van der Waals surface area (Å²) in [5, 5.41) is 13.6. The molecule has 0 radical (unpaired) electrons. The van der Waals surface area contributed by atoms with Gasteiger partial charge in [0.2, 0.25) is 11.0 Å². The number of nitrogens with zero attached hydrogens (tertiary/aromatic N) is 4. The quantitative estimate of drug-likeness (QED) is 0.722. The van der Waals surface area contributed by atoms with Crippen LogP contribution in [-0.4, -0.2) is 34.2 Å². The lowest BCUT2D eigenvalue weighted by molar-refractivity contribution is -0.120. The minimum Gasteiger partial charge on any atom is -0.370 e. The van der Waals surface area contributed by atoms with E-state index >= 15 is 0 Å². The van der Waals surface area contributed by atoms with Gasteiger partial charge in [0.05, 0.1) is 11.4 Å². The van der Waals surface area contributed by atoms with Crippen molar-refractivity contribution in [1.82, 2.24) is 15.2 Å². The lowest BCUT2D eigenvalue weighted by Gasteiger charge is -2.34. The predicted octanol–water partition coefficient (Wildman–Crippen LogP) is 3.96. The maximum absolute atomic E-state index is 13.8. The molecule has 2 fully saturated rings. The average Bonchev–Trinajstić information content (AvgIpc) is 3.47. The third kappa shape index (κ3) is 3.44. The van der Waals surface area contributed by atoms with Crippen molar-refractivity contribution in [3.05, 3.63) is 41.3 Å². The second-order valence-electron chi connectivity index (χ2n) is 7.49. The molecule has 1 N–H and O–H groups in total. The van der Waals surface area contributed by atoms with Crippen LogP contribution in [0.3, 0.4) is 0 Å². The summed E-state index contributed by atoms with van der Waals surface area (Å²) in [5.74, 6) is 0.0935. The topological polar surface area (TPSA) is 71.0 Å². The van der Waals surface area contributed by atoms with Crippen LogP contribution in [0.5, 0.6) is 0 Å². The first-order valence-corrected chi connectivity index (χ1v) is 10.4. The number of carbonyl (C=O) groups excluding carboxylic acids is 1. The van der Waals surface area contributed by atoms with Gasteiger partial charge in [-0.25, -0.2) is 4.39 Å². The van der Waals surface area contributed by atoms with Gasteiger partial charge in [-0.3, -0.25) is 9.78 Å². The Morgan fingerprint density at radius 2 is 2.11 bits per heavy atom. The number of aromatic nitrogens is 3. The highest BCUT2D eigenvalue weighted by Crippen LogP contribution is 2.42. The fraction of sp³-hybridized carbons (Fsp3) is 0.400. The van der Waals surface area contributed by atoms with Crippen LogP contribution in [0, 0.1) is 11.7 Å². The monoisotopic (exact) mass is 397 g/mol. The molecule has 0 bridgehead atoms. The van der Waals surface area contributed by atoms with Crippen LogP contribution < -0.4 is 10.2 Å². The van der Waals surface area contributed by atoms with E-state index in [0.717, 1.165) is 41.0 Å². The van der Waals surface area contributed by atoms with Gasteiger partial charge in [0.25, 0.3) is 0 Å². The second-order valence-corrected chi connectivity index (χ2v) is 8.49. The molecule has 3 aromatic rings. The van der Waals surface area contributed by atoms with E-state index in [1.165, 1.54) is 36.3 Å². The average molecular weight is 397 g/mol. The molecule has 1 saturated carbocycles. The van der Waals surface area contributed by atoms with Crippen LogP contribution in [0.2, 0.25) is 0 Å². The molecule has 1 aromatic carbocycles. The number of hydrogen-bond donors (Lipinski definition) is 1. The zero-order chi connectivity index (χ0) is 19.1. The molecule has 1 unspecified atom stereocenters. The number of piperidine rings is 1. The minimum atomic E-state index is -0.282. The largest absolute Gasteiger partial charge is 0.370 e. The second kappa shape index (κ2) is 7.09. The van der Waals surface area contributed by atoms with Gasteiger partial charge in [0.15, 0.2) is 0 Å². The van der Waals surface area contributed by atoms with Crippen LogP contribution in [-0.2, 0) is 4.79 Å². The van der Waals surface area contributed by atoms with Crippen molar-refractivity contribution in [2.45, 2.75) is 31.6 Å². The molecular formula is C20H20FN5OS. The first kappa shape index (κ1) is 17.5. The third-order valence-corrected chi connectivity index (χ3v) is 6.41. The van der Waals surface area contributed by atoms with Crippen LogP contribution in [0.15, 0.2) is 30.5 Å². The van der Waals surface area contributed by atoms with Gasteiger partial charge in [-0.15, -0.1) is 10.2 Å². The summed E-state index contributed by atoms with van der Waals surface area (Å²) in [6.07, 6.45) is 5.80. The van der Waals surface area contributed by atoms with Crippen molar-refractivity contribution in [3.8, 4) is 0 Å². The summed E-state index contributed by atoms with van der Waals surface area (Å²) in [6, 6.07) is 6.52. The number of anilines is 2. The Morgan fingerprint density at radius 3 is 2.96 bits per heavy atom. The van der Waals surface area contributed by atoms with Crippen molar-refractivity contribution < 1.29 is 9.18 Å². The first-order chi connectivity index (χ1) is 13.7. The van der Waals surface area contributed by atoms with Gasteiger partial charge in [0, 0.05) is 36.3 Å². The van der Waals surface area contributed by atoms with Crippen LogP contribution in [0.4, 0.5) is 15.2 Å². The summed E-state index contributed by atoms with van der Waals surface area (Å²) >= 11 is 1.48. The molecule has 0 spiro atoms. The lowest BCUT2D eigenvalue weighted by Crippen LogP contribution is -2.40. The zero-order valence-electron chi connectivity index (χ0n) is 15.3. The summed E-state index contributed by atoms with van der Waals surface area (Å²) in [7, 11) is 0. The number of hydrogen-bond acceptors (Lipinski definition) is 6. The molecule has 3 heterocycles. The molecule has 2 aliphatic rings. The van der Waals surface area contributed by atoms with Gasteiger partial charge < -0.3 is 10.2 Å². The lowest BCUT2D eigenvalue weighted by atomic mass is 9.96. The van der Waals surface area contributed by atoms with Crippen LogP contribution >= 0.6 is 11.3 Å². The Hall–Kier alpha value is -2.61. The molecule has 1 saturated heterocycles. The maximum Gasteiger partial charge on any atom is 0.231 e. The van der Waals surface area contributed by atoms with Crippen LogP contribution in [0.25, 0.3) is 10.9 Å². The molecular weight excluding hydrogens is 377 g/mol. The standard InChI is InChI=1S/C20H20FN5OS/c21-14-5-6-16-15(10-14)17(7-8-22-16)26-9-1-2-13(11-26)18(27)23-20-25-24-19(28-20)12-3-4-12/h5-8,10,12-13H,1-4,9,11H2,(H,23,25,27). The van der Waals surface area contributed by atoms with E-state index in [2.05, 4.69) is 25.4 Å². The summed E-state index contributed by atoms with van der Waals surface area (Å²) in [6.45, 7) is 1.43. The van der Waals surface area contributed by atoms with E-state index in [1.54, 1.807) is 12.3 Å². The fourth-order valence-electron chi connectivity index (χ4n) is 3.78. The Morgan fingerprint density at radius 1 is 1.21 bits per heavy atom. The number of nitrogens with one attached hydrogen (secondary N) is 1. The number of carbonyl (C=O) groups is 1. The van der Waals surface area contributed by atoms with E-state index in [0.29, 0.717) is 17.6 Å². The Balaban J connectivity index is 1.33. The van der Waals surface area contributed by atoms with E-state index in [9.17, 15) is 9.18 Å². The van der Waals surface area contributed by atoms with Gasteiger partial charge in [-0.1, -0.05) is 11.3 Å². The summed E-state index contributed by atoms with van der Waals surface area (Å²) in [5.41, 5.74) is 1.68. The van der Waals surface area contributed by atoms with Crippen molar-refractivity contribution in [2.24, 2.45) is 5.92 Å². The molecule has 1 amide bonds. The highest BCUT2D eigenvalue weighted by Gasteiger charge is 2.30. The highest BCUT2D eigenvalue weighted by molar-refractivity contribution is 7.15. The molecule has 1 aliphatic heterocycles. The van der Waals surface area contributed by atoms with E-state index in [1.807, 2.05) is 6.07 Å². The molecule has 28 heavy (non-hydrogen) atoms. The fourth-order valence-corrected chi connectivity index (χ4v) is 4.69. The molecule has 1 aliphatic carbocycles. The minimum absolute atomic E-state index is 0.0206. The number of amides is 1. The number of halogens is 1. The Labute approximate surface area is 165 Å². The van der Waals surface area contributed by atoms with Crippen LogP contribution in [0.1, 0.15) is 36.6 Å². The summed E-state index contributed by atoms with van der Waals surface area (Å²) in [4.78, 5) is 19.3. The highest BCUT2D eigenvalue weighted by atomic mass is 32.1. The van der Waals surface area contributed by atoms with Crippen molar-refractivity contribution >= 4 is 39.0 Å². The van der Waals surface area contributed by atoms with Crippen molar-refractivity contribution in [2.75, 3.05) is 23.3 Å². The number of rotatable bonds is 4. The molecule has 5 rings (SSSR count). The number of benzene rings is 1. The van der Waals surface area contributed by atoms with E-state index in [-0.39, 0.29) is 17.6 Å². The van der Waals surface area contributed by atoms with E-state index in [4.69, 9.17) is 0 Å². The molecule has 6 nitrogen and oxygen atoms in total. The molecule has 8 heteroatoms. The normalized spacial score (nSPS) is 19.8. The van der Waals surface area contributed by atoms with Gasteiger partial charge in [0.1, 0.15) is 10.8 Å². The van der Waals surface area contributed by atoms with Gasteiger partial charge >= 0.3 is 0 Å². The smallest absolute Gasteiger partial charge is 0.231 e. The molecule has 2 aromatic heterocycles. The van der Waals surface area contributed by atoms with Gasteiger partial charge in [-0.05, 0) is 49.9 Å². The SMILES string of the molecule is O=C(Nc1nnc(C2CC2)s1)C1CCCN(c2ccnc3ccc(F)cc23)C1. The van der Waals surface area contributed by atoms with E-state index < -0.39 is 0 Å². The Bertz CT molecular complexity index is 1030. The maximum atomic E-state index is 13.8. The zero-order valence-corrected chi connectivity index (χ0v) is 16.1. The predicted molar refractivity (Wildman–Crippen MR) is 107 cm³/mol. The third-order valence-electron chi connectivity index (χ3n) is 5.41.